The molecule has 0 saturated carbocycles. The second-order valence-electron chi connectivity index (χ2n) is 3.12. The first-order valence-corrected chi connectivity index (χ1v) is 4.52. The molecule has 13 heavy (non-hydrogen) atoms. The van der Waals surface area contributed by atoms with Crippen molar-refractivity contribution in [1.29, 1.82) is 0 Å². The summed E-state index contributed by atoms with van der Waals surface area (Å²) in [5, 5.41) is 0.788. The van der Waals surface area contributed by atoms with E-state index >= 15 is 0 Å². The molecule has 0 aromatic carbocycles. The molecule has 3 nitrogen and oxygen atoms in total. The van der Waals surface area contributed by atoms with Gasteiger partial charge in [0.25, 0.3) is 0 Å². The minimum Gasteiger partial charge on any atom is -0.466 e. The molecule has 2 aliphatic heterocycles. The molecule has 0 unspecified atom stereocenters. The van der Waals surface area contributed by atoms with Gasteiger partial charge in [0.05, 0.1) is 19.2 Å². The van der Waals surface area contributed by atoms with Crippen LogP contribution >= 0.6 is 11.6 Å². The summed E-state index contributed by atoms with van der Waals surface area (Å²) in [5.41, 5.74) is 1.69. The maximum atomic E-state index is 11.3. The van der Waals surface area contributed by atoms with Gasteiger partial charge in [-0.1, -0.05) is 11.6 Å². The molecule has 0 aromatic heterocycles. The Hall–Kier alpha value is -0.960. The van der Waals surface area contributed by atoms with Crippen LogP contribution in [-0.4, -0.2) is 31.1 Å². The molecular formula is C9H10ClNO2. The second-order valence-corrected chi connectivity index (χ2v) is 3.60. The summed E-state index contributed by atoms with van der Waals surface area (Å²) in [6, 6.07) is 0. The summed E-state index contributed by atoms with van der Waals surface area (Å²) in [4.78, 5) is 13.4. The SMILES string of the molecule is COC(=O)C1=C2C=C(Cl)CN2CC1. The van der Waals surface area contributed by atoms with Gasteiger partial charge >= 0.3 is 5.97 Å². The fraction of sp³-hybridized carbons (Fsp3) is 0.444. The van der Waals surface area contributed by atoms with Gasteiger partial charge in [0.2, 0.25) is 0 Å². The van der Waals surface area contributed by atoms with Crippen molar-refractivity contribution in [2.45, 2.75) is 6.42 Å². The summed E-state index contributed by atoms with van der Waals surface area (Å²) >= 11 is 5.86. The molecule has 0 atom stereocenters. The molecular weight excluding hydrogens is 190 g/mol. The molecule has 2 heterocycles. The van der Waals surface area contributed by atoms with Gasteiger partial charge < -0.3 is 9.64 Å². The first-order chi connectivity index (χ1) is 6.22. The maximum Gasteiger partial charge on any atom is 0.335 e. The number of ether oxygens (including phenoxy) is 1. The first-order valence-electron chi connectivity index (χ1n) is 4.15. The molecule has 0 saturated heterocycles. The summed E-state index contributed by atoms with van der Waals surface area (Å²) in [5.74, 6) is -0.236. The Morgan fingerprint density at radius 2 is 2.46 bits per heavy atom. The normalized spacial score (nSPS) is 20.5. The first kappa shape index (κ1) is 8.63. The summed E-state index contributed by atoms with van der Waals surface area (Å²) in [6.07, 6.45) is 2.61. The van der Waals surface area contributed by atoms with Crippen molar-refractivity contribution >= 4 is 17.6 Å². The lowest BCUT2D eigenvalue weighted by Gasteiger charge is -2.11. The minimum atomic E-state index is -0.236. The Kier molecular flexibility index (Phi) is 2.04. The fourth-order valence-corrected chi connectivity index (χ4v) is 1.98. The fourth-order valence-electron chi connectivity index (χ4n) is 1.73. The van der Waals surface area contributed by atoms with Crippen LogP contribution in [0.1, 0.15) is 6.42 Å². The molecule has 0 N–H and O–H groups in total. The third-order valence-corrected chi connectivity index (χ3v) is 2.58. The lowest BCUT2D eigenvalue weighted by Crippen LogP contribution is -2.14. The highest BCUT2D eigenvalue weighted by Gasteiger charge is 2.30. The van der Waals surface area contributed by atoms with E-state index < -0.39 is 0 Å². The molecule has 0 spiro atoms. The molecule has 2 aliphatic rings. The number of rotatable bonds is 1. The molecule has 0 amide bonds. The van der Waals surface area contributed by atoms with Gasteiger partial charge in [0.15, 0.2) is 0 Å². The Morgan fingerprint density at radius 1 is 1.69 bits per heavy atom. The molecule has 4 heteroatoms. The van der Waals surface area contributed by atoms with Crippen molar-refractivity contribution in [3.8, 4) is 0 Å². The number of methoxy groups -OCH3 is 1. The zero-order valence-electron chi connectivity index (χ0n) is 7.34. The number of fused-ring (bicyclic) bond motifs is 1. The lowest BCUT2D eigenvalue weighted by atomic mass is 10.2. The van der Waals surface area contributed by atoms with Crippen molar-refractivity contribution in [2.24, 2.45) is 0 Å². The number of hydrogen-bond acceptors (Lipinski definition) is 3. The smallest absolute Gasteiger partial charge is 0.335 e. The van der Waals surface area contributed by atoms with Gasteiger partial charge in [-0.15, -0.1) is 0 Å². The lowest BCUT2D eigenvalue weighted by molar-refractivity contribution is -0.136. The third-order valence-electron chi connectivity index (χ3n) is 2.35. The zero-order chi connectivity index (χ0) is 9.42. The largest absolute Gasteiger partial charge is 0.466 e. The van der Waals surface area contributed by atoms with Crippen molar-refractivity contribution < 1.29 is 9.53 Å². The molecule has 0 fully saturated rings. The van der Waals surface area contributed by atoms with Crippen molar-refractivity contribution in [3.63, 3.8) is 0 Å². The van der Waals surface area contributed by atoms with E-state index in [9.17, 15) is 4.79 Å². The van der Waals surface area contributed by atoms with Crippen LogP contribution in [0.15, 0.2) is 22.4 Å². The minimum absolute atomic E-state index is 0.236. The number of esters is 1. The summed E-state index contributed by atoms with van der Waals surface area (Å²) < 4.78 is 4.68. The Morgan fingerprint density at radius 3 is 3.15 bits per heavy atom. The number of carbonyl (C=O) groups excluding carboxylic acids is 1. The number of halogens is 1. The van der Waals surface area contributed by atoms with E-state index in [1.54, 1.807) is 0 Å². The van der Waals surface area contributed by atoms with E-state index in [-0.39, 0.29) is 5.97 Å². The van der Waals surface area contributed by atoms with E-state index in [0.717, 1.165) is 35.8 Å². The van der Waals surface area contributed by atoms with Gasteiger partial charge in [-0.2, -0.15) is 0 Å². The molecule has 0 bridgehead atoms. The number of allylic oxidation sites excluding steroid dienone is 1. The monoisotopic (exact) mass is 199 g/mol. The number of nitrogens with zero attached hydrogens (tertiary/aromatic N) is 1. The van der Waals surface area contributed by atoms with E-state index in [2.05, 4.69) is 9.64 Å². The molecule has 0 radical (unpaired) electrons. The Balaban J connectivity index is 2.32. The van der Waals surface area contributed by atoms with Gasteiger partial charge in [-0.3, -0.25) is 0 Å². The quantitative estimate of drug-likeness (QED) is 0.596. The van der Waals surface area contributed by atoms with Crippen LogP contribution in [0.25, 0.3) is 0 Å². The highest BCUT2D eigenvalue weighted by molar-refractivity contribution is 6.30. The zero-order valence-corrected chi connectivity index (χ0v) is 8.10. The van der Waals surface area contributed by atoms with Crippen LogP contribution < -0.4 is 0 Å². The van der Waals surface area contributed by atoms with E-state index in [1.165, 1.54) is 7.11 Å². The van der Waals surface area contributed by atoms with E-state index in [0.29, 0.717) is 0 Å². The predicted molar refractivity (Wildman–Crippen MR) is 49.2 cm³/mol. The van der Waals surface area contributed by atoms with Crippen molar-refractivity contribution in [2.75, 3.05) is 20.2 Å². The number of carbonyl (C=O) groups is 1. The summed E-state index contributed by atoms with van der Waals surface area (Å²) in [7, 11) is 1.40. The molecule has 0 aliphatic carbocycles. The van der Waals surface area contributed by atoms with Crippen LogP contribution in [0.4, 0.5) is 0 Å². The number of hydrogen-bond donors (Lipinski definition) is 0. The van der Waals surface area contributed by atoms with E-state index in [1.807, 2.05) is 6.08 Å². The van der Waals surface area contributed by atoms with Gasteiger partial charge in [0, 0.05) is 17.3 Å². The standard InChI is InChI=1S/C9H10ClNO2/c1-13-9(12)7-2-3-11-5-6(10)4-8(7)11/h4H,2-3,5H2,1H3. The van der Waals surface area contributed by atoms with Crippen molar-refractivity contribution in [3.05, 3.63) is 22.4 Å². The average molecular weight is 200 g/mol. The Bertz CT molecular complexity index is 320. The molecule has 2 rings (SSSR count). The third kappa shape index (κ3) is 1.33. The van der Waals surface area contributed by atoms with Crippen molar-refractivity contribution in [1.82, 2.24) is 4.90 Å². The van der Waals surface area contributed by atoms with Crippen LogP contribution in [0, 0.1) is 0 Å². The maximum absolute atomic E-state index is 11.3. The predicted octanol–water partition coefficient (Wildman–Crippen LogP) is 1.26. The van der Waals surface area contributed by atoms with Crippen LogP contribution in [0.3, 0.4) is 0 Å². The average Bonchev–Trinajstić information content (AvgIpc) is 2.61. The topological polar surface area (TPSA) is 29.5 Å². The molecule has 70 valence electrons. The van der Waals surface area contributed by atoms with Crippen LogP contribution in [-0.2, 0) is 9.53 Å². The Labute approximate surface area is 81.6 Å². The van der Waals surface area contributed by atoms with Gasteiger partial charge in [0.1, 0.15) is 0 Å². The van der Waals surface area contributed by atoms with Crippen LogP contribution in [0.2, 0.25) is 0 Å². The van der Waals surface area contributed by atoms with E-state index in [4.69, 9.17) is 11.6 Å². The summed E-state index contributed by atoms with van der Waals surface area (Å²) in [6.45, 7) is 1.60. The van der Waals surface area contributed by atoms with Crippen LogP contribution in [0.5, 0.6) is 0 Å². The van der Waals surface area contributed by atoms with Gasteiger partial charge in [-0.25, -0.2) is 4.79 Å². The van der Waals surface area contributed by atoms with Gasteiger partial charge in [-0.05, 0) is 12.5 Å². The second kappa shape index (κ2) is 3.07. The molecule has 0 aromatic rings. The highest BCUT2D eigenvalue weighted by atomic mass is 35.5. The highest BCUT2D eigenvalue weighted by Crippen LogP contribution is 2.32.